The van der Waals surface area contributed by atoms with Gasteiger partial charge in [0, 0.05) is 23.4 Å². The van der Waals surface area contributed by atoms with Crippen molar-refractivity contribution in [2.45, 2.75) is 68.4 Å². The Morgan fingerprint density at radius 3 is 2.61 bits per heavy atom. The molecular weight excluding hydrogens is 504 g/mol. The molecule has 9 heteroatoms. The predicted molar refractivity (Wildman–Crippen MR) is 134 cm³/mol. The molecule has 4 saturated carbocycles. The highest BCUT2D eigenvalue weighted by molar-refractivity contribution is 7.98. The number of rotatable bonds is 7. The van der Waals surface area contributed by atoms with Gasteiger partial charge in [0.15, 0.2) is 0 Å². The smallest absolute Gasteiger partial charge is 0.313 e. The molecule has 2 aromatic rings. The summed E-state index contributed by atoms with van der Waals surface area (Å²) in [6, 6.07) is 8.76. The second-order valence-electron chi connectivity index (χ2n) is 11.9. The molecule has 8 nitrogen and oxygen atoms in total. The van der Waals surface area contributed by atoms with Gasteiger partial charge in [-0.05, 0) is 85.1 Å². The molecule has 1 N–H and O–H groups in total. The highest BCUT2D eigenvalue weighted by atomic mass is 32.2. The molecule has 0 bridgehead atoms. The average Bonchev–Trinajstić information content (AvgIpc) is 3.44. The zero-order valence-electron chi connectivity index (χ0n) is 20.9. The second-order valence-corrected chi connectivity index (χ2v) is 12.9. The normalized spacial score (nSPS) is 35.6. The van der Waals surface area contributed by atoms with Crippen LogP contribution in [-0.4, -0.2) is 34.6 Å². The fourth-order valence-electron chi connectivity index (χ4n) is 8.97. The maximum Gasteiger partial charge on any atom is 0.313 e. The van der Waals surface area contributed by atoms with Crippen LogP contribution in [0.25, 0.3) is 0 Å². The van der Waals surface area contributed by atoms with Crippen LogP contribution in [0.5, 0.6) is 0 Å². The SMILES string of the molecule is O=C1CCC(N2Cc3c(SCc4ccc(COC(=O)C56CC7CC8CC(C5)C876)o4)cccc3C2=O)C(=O)N1. The van der Waals surface area contributed by atoms with Gasteiger partial charge in [0.05, 0.1) is 11.2 Å². The van der Waals surface area contributed by atoms with Crippen LogP contribution in [-0.2, 0) is 38.0 Å². The van der Waals surface area contributed by atoms with E-state index in [1.165, 1.54) is 12.8 Å². The molecular formula is C29H28N2O6S. The summed E-state index contributed by atoms with van der Waals surface area (Å²) in [6.45, 7) is 0.506. The Morgan fingerprint density at radius 2 is 1.87 bits per heavy atom. The number of fused-ring (bicyclic) bond motifs is 1. The van der Waals surface area contributed by atoms with Gasteiger partial charge >= 0.3 is 5.97 Å². The number of nitrogens with one attached hydrogen (secondary N) is 1. The molecule has 1 aromatic heterocycles. The Bertz CT molecular complexity index is 1400. The van der Waals surface area contributed by atoms with Gasteiger partial charge in [-0.2, -0.15) is 0 Å². The van der Waals surface area contributed by atoms with E-state index >= 15 is 0 Å². The van der Waals surface area contributed by atoms with Crippen LogP contribution < -0.4 is 5.32 Å². The van der Waals surface area contributed by atoms with Gasteiger partial charge in [0.2, 0.25) is 11.8 Å². The summed E-state index contributed by atoms with van der Waals surface area (Å²) in [6.07, 6.45) is 5.25. The number of esters is 1. The summed E-state index contributed by atoms with van der Waals surface area (Å²) in [7, 11) is 0. The number of carbonyl (C=O) groups is 4. The summed E-state index contributed by atoms with van der Waals surface area (Å²) in [5.41, 5.74) is 1.62. The first-order chi connectivity index (χ1) is 18.4. The topological polar surface area (TPSA) is 106 Å². The van der Waals surface area contributed by atoms with Crippen LogP contribution in [0.15, 0.2) is 39.6 Å². The van der Waals surface area contributed by atoms with Gasteiger partial charge < -0.3 is 14.1 Å². The number of ether oxygens (including phenoxy) is 1. The number of amides is 3. The molecule has 3 heterocycles. The predicted octanol–water partition coefficient (Wildman–Crippen LogP) is 3.81. The number of furan rings is 1. The van der Waals surface area contributed by atoms with Crippen molar-refractivity contribution < 1.29 is 28.3 Å². The van der Waals surface area contributed by atoms with E-state index in [-0.39, 0.29) is 36.2 Å². The van der Waals surface area contributed by atoms with E-state index in [0.717, 1.165) is 46.8 Å². The molecule has 0 radical (unpaired) electrons. The van der Waals surface area contributed by atoms with Crippen molar-refractivity contribution in [3.05, 3.63) is 53.0 Å². The number of imide groups is 1. The molecule has 1 saturated heterocycles. The number of thioether (sulfide) groups is 1. The van der Waals surface area contributed by atoms with Crippen LogP contribution >= 0.6 is 11.8 Å². The summed E-state index contributed by atoms with van der Waals surface area (Å²) in [5.74, 6) is 3.39. The van der Waals surface area contributed by atoms with E-state index in [9.17, 15) is 19.2 Å². The number of benzene rings is 1. The van der Waals surface area contributed by atoms with Gasteiger partial charge in [-0.25, -0.2) is 0 Å². The molecule has 3 unspecified atom stereocenters. The van der Waals surface area contributed by atoms with Crippen LogP contribution in [0.4, 0.5) is 0 Å². The maximum atomic E-state index is 13.1. The molecule has 196 valence electrons. The van der Waals surface area contributed by atoms with E-state index in [0.29, 0.717) is 35.5 Å². The fourth-order valence-corrected chi connectivity index (χ4v) is 9.95. The molecule has 3 atom stereocenters. The van der Waals surface area contributed by atoms with Crippen molar-refractivity contribution in [1.82, 2.24) is 10.2 Å². The van der Waals surface area contributed by atoms with Gasteiger partial charge in [-0.3, -0.25) is 24.5 Å². The molecule has 6 aliphatic rings. The third kappa shape index (κ3) is 2.78. The minimum atomic E-state index is -0.629. The third-order valence-corrected chi connectivity index (χ3v) is 11.7. The number of hydrogen-bond donors (Lipinski definition) is 1. The largest absolute Gasteiger partial charge is 0.462 e. The fraction of sp³-hybridized carbons (Fsp3) is 0.517. The van der Waals surface area contributed by atoms with Crippen molar-refractivity contribution in [3.8, 4) is 0 Å². The summed E-state index contributed by atoms with van der Waals surface area (Å²) < 4.78 is 11.7. The quantitative estimate of drug-likeness (QED) is 0.328. The lowest BCUT2D eigenvalue weighted by Crippen LogP contribution is -2.87. The van der Waals surface area contributed by atoms with E-state index in [2.05, 4.69) is 5.32 Å². The second kappa shape index (κ2) is 7.74. The molecule has 2 aliphatic heterocycles. The molecule has 4 aliphatic carbocycles. The minimum Gasteiger partial charge on any atom is -0.462 e. The highest BCUT2D eigenvalue weighted by Crippen LogP contribution is 2.93. The van der Waals surface area contributed by atoms with Crippen LogP contribution in [0.2, 0.25) is 0 Å². The Labute approximate surface area is 223 Å². The standard InChI is InChI=1S/C29H28N2O6S/c32-24-7-6-22(25(33)30-24)31-12-21-20(26(31)34)2-1-3-23(21)38-14-19-5-4-18(37-19)13-36-27(35)28-10-16-8-15-9-17(11-28)29(15,16)28/h1-5,15-17,22H,6-14H2,(H,30,32,33). The monoisotopic (exact) mass is 532 g/mol. The lowest BCUT2D eigenvalue weighted by molar-refractivity contribution is -0.418. The van der Waals surface area contributed by atoms with Crippen molar-refractivity contribution in [3.63, 3.8) is 0 Å². The summed E-state index contributed by atoms with van der Waals surface area (Å²) >= 11 is 1.57. The first-order valence-electron chi connectivity index (χ1n) is 13.5. The molecule has 1 aromatic carbocycles. The van der Waals surface area contributed by atoms with Crippen LogP contribution in [0.1, 0.15) is 66.0 Å². The minimum absolute atomic E-state index is 0.0215. The third-order valence-electron chi connectivity index (χ3n) is 10.5. The Morgan fingerprint density at radius 1 is 1.08 bits per heavy atom. The zero-order valence-corrected chi connectivity index (χ0v) is 21.7. The Kier molecular flexibility index (Phi) is 4.66. The number of carbonyl (C=O) groups excluding carboxylic acids is 4. The van der Waals surface area contributed by atoms with E-state index in [4.69, 9.17) is 9.15 Å². The van der Waals surface area contributed by atoms with Gasteiger partial charge in [0.1, 0.15) is 24.2 Å². The van der Waals surface area contributed by atoms with E-state index in [1.54, 1.807) is 22.7 Å². The van der Waals surface area contributed by atoms with Crippen molar-refractivity contribution in [1.29, 1.82) is 0 Å². The van der Waals surface area contributed by atoms with Crippen molar-refractivity contribution in [2.75, 3.05) is 0 Å². The van der Waals surface area contributed by atoms with Crippen molar-refractivity contribution >= 4 is 35.5 Å². The first-order valence-corrected chi connectivity index (χ1v) is 14.5. The van der Waals surface area contributed by atoms with E-state index in [1.807, 2.05) is 24.3 Å². The lowest BCUT2D eigenvalue weighted by atomic mass is 9.13. The maximum absolute atomic E-state index is 13.1. The Balaban J connectivity index is 0.896. The van der Waals surface area contributed by atoms with Crippen LogP contribution in [0.3, 0.4) is 0 Å². The lowest BCUT2D eigenvalue weighted by Gasteiger charge is -2.89. The van der Waals surface area contributed by atoms with Gasteiger partial charge in [0.25, 0.3) is 5.91 Å². The average molecular weight is 533 g/mol. The van der Waals surface area contributed by atoms with Gasteiger partial charge in [-0.1, -0.05) is 6.07 Å². The van der Waals surface area contributed by atoms with Crippen molar-refractivity contribution in [2.24, 2.45) is 28.6 Å². The molecule has 5 fully saturated rings. The van der Waals surface area contributed by atoms with E-state index < -0.39 is 11.9 Å². The number of hydrogen-bond acceptors (Lipinski definition) is 7. The number of piperidine rings is 1. The Hall–Kier alpha value is -3.07. The summed E-state index contributed by atoms with van der Waals surface area (Å²) in [4.78, 5) is 52.5. The molecule has 38 heavy (non-hydrogen) atoms. The molecule has 3 amide bonds. The van der Waals surface area contributed by atoms with Gasteiger partial charge in [-0.15, -0.1) is 11.8 Å². The van der Waals surface area contributed by atoms with Crippen LogP contribution in [0, 0.1) is 28.6 Å². The summed E-state index contributed by atoms with van der Waals surface area (Å²) in [5, 5.41) is 2.34. The number of nitrogens with zero attached hydrogens (tertiary/aromatic N) is 1. The highest BCUT2D eigenvalue weighted by Gasteiger charge is 2.90. The first kappa shape index (κ1) is 22.9. The molecule has 1 spiro atoms. The zero-order chi connectivity index (χ0) is 25.8. The molecule has 8 rings (SSSR count).